The molecule has 0 bridgehead atoms. The largest absolute Gasteiger partial charge is 0.504 e. The highest BCUT2D eigenvalue weighted by Crippen LogP contribution is 2.26. The Bertz CT molecular complexity index is 554. The number of hydrogen-bond donors (Lipinski definition) is 2. The van der Waals surface area contributed by atoms with E-state index in [9.17, 15) is 5.11 Å². The van der Waals surface area contributed by atoms with E-state index in [-0.39, 0.29) is 5.75 Å². The number of hydrogen-bond acceptors (Lipinski definition) is 3. The first-order valence-corrected chi connectivity index (χ1v) is 7.32. The summed E-state index contributed by atoms with van der Waals surface area (Å²) >= 11 is 0. The van der Waals surface area contributed by atoms with Gasteiger partial charge >= 0.3 is 0 Å². The van der Waals surface area contributed by atoms with Crippen molar-refractivity contribution in [1.29, 1.82) is 0 Å². The van der Waals surface area contributed by atoms with Crippen LogP contribution in [0.1, 0.15) is 24.5 Å². The summed E-state index contributed by atoms with van der Waals surface area (Å²) in [6.07, 6.45) is 2.16. The molecule has 2 N–H and O–H groups in total. The molecule has 2 aromatic rings. The quantitative estimate of drug-likeness (QED) is 0.818. The molecule has 0 fully saturated rings. The van der Waals surface area contributed by atoms with Gasteiger partial charge in [0.2, 0.25) is 0 Å². The molecule has 0 saturated heterocycles. The summed E-state index contributed by atoms with van der Waals surface area (Å²) in [5.74, 6) is 0.699. The van der Waals surface area contributed by atoms with Gasteiger partial charge in [-0.15, -0.1) is 0 Å². The molecule has 3 heteroatoms. The summed E-state index contributed by atoms with van der Waals surface area (Å²) in [5.41, 5.74) is 2.42. The molecule has 1 unspecified atom stereocenters. The minimum atomic E-state index is 0.189. The Balaban J connectivity index is 1.78. The Morgan fingerprint density at radius 3 is 2.52 bits per heavy atom. The van der Waals surface area contributed by atoms with Crippen LogP contribution in [0.25, 0.3) is 0 Å². The first-order chi connectivity index (χ1) is 10.2. The topological polar surface area (TPSA) is 41.5 Å². The van der Waals surface area contributed by atoms with Gasteiger partial charge in [-0.3, -0.25) is 0 Å². The second-order valence-electron chi connectivity index (χ2n) is 5.31. The molecule has 0 spiro atoms. The lowest BCUT2D eigenvalue weighted by Crippen LogP contribution is -2.25. The summed E-state index contributed by atoms with van der Waals surface area (Å²) in [6.45, 7) is 2.93. The standard InChI is InChI=1S/C18H23NO2/c1-14(8-9-15-6-4-3-5-7-15)19-13-16-10-11-18(21-2)17(20)12-16/h3-7,10-12,14,19-20H,8-9,13H2,1-2H3. The molecule has 0 heterocycles. The third kappa shape index (κ3) is 4.80. The Morgan fingerprint density at radius 1 is 1.10 bits per heavy atom. The van der Waals surface area contributed by atoms with Crippen molar-refractivity contribution in [2.75, 3.05) is 7.11 Å². The fourth-order valence-corrected chi connectivity index (χ4v) is 2.27. The highest BCUT2D eigenvalue weighted by Gasteiger charge is 2.05. The van der Waals surface area contributed by atoms with E-state index in [1.165, 1.54) is 5.56 Å². The van der Waals surface area contributed by atoms with Gasteiger partial charge in [0.1, 0.15) is 0 Å². The van der Waals surface area contributed by atoms with Gasteiger partial charge in [0.05, 0.1) is 7.11 Å². The Hall–Kier alpha value is -2.00. The van der Waals surface area contributed by atoms with Gasteiger partial charge in [-0.25, -0.2) is 0 Å². The van der Waals surface area contributed by atoms with Crippen molar-refractivity contribution >= 4 is 0 Å². The zero-order valence-corrected chi connectivity index (χ0v) is 12.7. The van der Waals surface area contributed by atoms with Gasteiger partial charge < -0.3 is 15.2 Å². The Labute approximate surface area is 126 Å². The van der Waals surface area contributed by atoms with Crippen LogP contribution in [0, 0.1) is 0 Å². The van der Waals surface area contributed by atoms with Crippen LogP contribution in [0.4, 0.5) is 0 Å². The predicted octanol–water partition coefficient (Wildman–Crippen LogP) is 3.51. The molecule has 0 aliphatic heterocycles. The third-order valence-electron chi connectivity index (χ3n) is 3.61. The summed E-state index contributed by atoms with van der Waals surface area (Å²) in [5, 5.41) is 13.2. The van der Waals surface area contributed by atoms with Gasteiger partial charge in [-0.2, -0.15) is 0 Å². The van der Waals surface area contributed by atoms with E-state index in [0.29, 0.717) is 11.8 Å². The van der Waals surface area contributed by atoms with Crippen LogP contribution < -0.4 is 10.1 Å². The zero-order chi connectivity index (χ0) is 15.1. The molecular formula is C18H23NO2. The second-order valence-corrected chi connectivity index (χ2v) is 5.31. The van der Waals surface area contributed by atoms with Crippen LogP contribution in [0.3, 0.4) is 0 Å². The molecule has 0 saturated carbocycles. The Morgan fingerprint density at radius 2 is 1.86 bits per heavy atom. The van der Waals surface area contributed by atoms with E-state index in [0.717, 1.165) is 24.9 Å². The normalized spacial score (nSPS) is 12.1. The van der Waals surface area contributed by atoms with Crippen molar-refractivity contribution in [2.45, 2.75) is 32.4 Å². The molecule has 112 valence electrons. The molecule has 0 aliphatic carbocycles. The number of methoxy groups -OCH3 is 1. The van der Waals surface area contributed by atoms with E-state index in [1.54, 1.807) is 19.2 Å². The first kappa shape index (κ1) is 15.4. The van der Waals surface area contributed by atoms with Crippen molar-refractivity contribution in [1.82, 2.24) is 5.32 Å². The minimum absolute atomic E-state index is 0.189. The monoisotopic (exact) mass is 285 g/mol. The van der Waals surface area contributed by atoms with Crippen molar-refractivity contribution in [3.8, 4) is 11.5 Å². The van der Waals surface area contributed by atoms with Crippen LogP contribution in [-0.2, 0) is 13.0 Å². The molecule has 21 heavy (non-hydrogen) atoms. The second kappa shape index (κ2) is 7.70. The molecule has 0 amide bonds. The van der Waals surface area contributed by atoms with Crippen LogP contribution in [0.15, 0.2) is 48.5 Å². The van der Waals surface area contributed by atoms with Crippen LogP contribution in [-0.4, -0.2) is 18.3 Å². The van der Waals surface area contributed by atoms with Crippen molar-refractivity contribution in [2.24, 2.45) is 0 Å². The smallest absolute Gasteiger partial charge is 0.160 e. The summed E-state index contributed by atoms with van der Waals surface area (Å²) < 4.78 is 5.04. The number of aryl methyl sites for hydroxylation is 1. The number of rotatable bonds is 7. The van der Waals surface area contributed by atoms with Crippen LogP contribution in [0.5, 0.6) is 11.5 Å². The third-order valence-corrected chi connectivity index (χ3v) is 3.61. The highest BCUT2D eigenvalue weighted by molar-refractivity contribution is 5.41. The molecule has 2 rings (SSSR count). The van der Waals surface area contributed by atoms with Crippen molar-refractivity contribution in [3.63, 3.8) is 0 Å². The lowest BCUT2D eigenvalue weighted by atomic mass is 10.1. The number of phenolic OH excluding ortho intramolecular Hbond substituents is 1. The Kier molecular flexibility index (Phi) is 5.64. The minimum Gasteiger partial charge on any atom is -0.504 e. The number of ether oxygens (including phenoxy) is 1. The molecule has 2 aromatic carbocycles. The predicted molar refractivity (Wildman–Crippen MR) is 85.7 cm³/mol. The van der Waals surface area contributed by atoms with Crippen molar-refractivity contribution in [3.05, 3.63) is 59.7 Å². The maximum absolute atomic E-state index is 9.76. The number of aromatic hydroxyl groups is 1. The molecule has 0 aliphatic rings. The van der Waals surface area contributed by atoms with Gasteiger partial charge in [0.25, 0.3) is 0 Å². The van der Waals surface area contributed by atoms with E-state index in [1.807, 2.05) is 12.1 Å². The lowest BCUT2D eigenvalue weighted by molar-refractivity contribution is 0.372. The van der Waals surface area contributed by atoms with Crippen molar-refractivity contribution < 1.29 is 9.84 Å². The molecule has 1 atom stereocenters. The molecule has 3 nitrogen and oxygen atoms in total. The summed E-state index contributed by atoms with van der Waals surface area (Å²) in [6, 6.07) is 16.5. The van der Waals surface area contributed by atoms with Gasteiger partial charge in [-0.05, 0) is 43.0 Å². The van der Waals surface area contributed by atoms with Gasteiger partial charge in [-0.1, -0.05) is 36.4 Å². The SMILES string of the molecule is COc1ccc(CNC(C)CCc2ccccc2)cc1O. The number of nitrogens with one attached hydrogen (secondary N) is 1. The number of benzene rings is 2. The van der Waals surface area contributed by atoms with Gasteiger partial charge in [0, 0.05) is 12.6 Å². The molecule has 0 radical (unpaired) electrons. The van der Waals surface area contributed by atoms with Crippen LogP contribution >= 0.6 is 0 Å². The fourth-order valence-electron chi connectivity index (χ4n) is 2.27. The maximum atomic E-state index is 9.76. The van der Waals surface area contributed by atoms with E-state index < -0.39 is 0 Å². The average Bonchev–Trinajstić information content (AvgIpc) is 2.52. The first-order valence-electron chi connectivity index (χ1n) is 7.32. The number of phenols is 1. The zero-order valence-electron chi connectivity index (χ0n) is 12.7. The van der Waals surface area contributed by atoms with E-state index in [2.05, 4.69) is 36.5 Å². The van der Waals surface area contributed by atoms with Crippen LogP contribution in [0.2, 0.25) is 0 Å². The van der Waals surface area contributed by atoms with E-state index in [4.69, 9.17) is 4.74 Å². The maximum Gasteiger partial charge on any atom is 0.160 e. The highest BCUT2D eigenvalue weighted by atomic mass is 16.5. The van der Waals surface area contributed by atoms with Gasteiger partial charge in [0.15, 0.2) is 11.5 Å². The summed E-state index contributed by atoms with van der Waals surface area (Å²) in [7, 11) is 1.55. The average molecular weight is 285 g/mol. The summed E-state index contributed by atoms with van der Waals surface area (Å²) in [4.78, 5) is 0. The lowest BCUT2D eigenvalue weighted by Gasteiger charge is -2.14. The fraction of sp³-hybridized carbons (Fsp3) is 0.333. The molecular weight excluding hydrogens is 262 g/mol. The van der Waals surface area contributed by atoms with E-state index >= 15 is 0 Å². The molecule has 0 aromatic heterocycles.